The van der Waals surface area contributed by atoms with Crippen molar-refractivity contribution in [1.82, 2.24) is 0 Å². The van der Waals surface area contributed by atoms with Crippen LogP contribution in [0.25, 0.3) is 0 Å². The van der Waals surface area contributed by atoms with E-state index in [1.807, 2.05) is 27.7 Å². The summed E-state index contributed by atoms with van der Waals surface area (Å²) in [6.07, 6.45) is -2.70. The normalized spacial score (nSPS) is 19.5. The van der Waals surface area contributed by atoms with Crippen LogP contribution in [-0.4, -0.2) is 31.4 Å². The summed E-state index contributed by atoms with van der Waals surface area (Å²) >= 11 is 0. The highest BCUT2D eigenvalue weighted by Gasteiger charge is 2.51. The number of esters is 1. The van der Waals surface area contributed by atoms with Crippen molar-refractivity contribution in [2.45, 2.75) is 45.3 Å². The lowest BCUT2D eigenvalue weighted by Gasteiger charge is -2.32. The lowest BCUT2D eigenvalue weighted by Crippen LogP contribution is -2.41. The van der Waals surface area contributed by atoms with Gasteiger partial charge >= 0.3 is 13.1 Å². The van der Waals surface area contributed by atoms with Crippen molar-refractivity contribution in [1.29, 1.82) is 0 Å². The summed E-state index contributed by atoms with van der Waals surface area (Å²) in [6.45, 7) is 7.47. The Morgan fingerprint density at radius 2 is 1.68 bits per heavy atom. The zero-order valence-electron chi connectivity index (χ0n) is 13.3. The molecule has 0 atom stereocenters. The summed E-state index contributed by atoms with van der Waals surface area (Å²) in [5, 5.41) is 0. The van der Waals surface area contributed by atoms with Crippen LogP contribution in [0, 0.1) is 0 Å². The fraction of sp³-hybridized carbons (Fsp3) is 0.533. The van der Waals surface area contributed by atoms with Crippen molar-refractivity contribution in [2.24, 2.45) is 0 Å². The lowest BCUT2D eigenvalue weighted by molar-refractivity contribution is 0.00578. The standard InChI is InChI=1S/C15H19BF2O4/c1-14(2)15(3,4)22-16(21-14)11-7-9(12(17)18)6-10(8-11)13(19)20-5/h6-8,12H,1-5H3. The fourth-order valence-corrected chi connectivity index (χ4v) is 2.15. The van der Waals surface area contributed by atoms with Gasteiger partial charge in [-0.15, -0.1) is 0 Å². The molecule has 1 saturated heterocycles. The maximum absolute atomic E-state index is 13.1. The predicted molar refractivity (Wildman–Crippen MR) is 78.5 cm³/mol. The van der Waals surface area contributed by atoms with Crippen LogP contribution in [0.5, 0.6) is 0 Å². The van der Waals surface area contributed by atoms with Gasteiger partial charge in [0.25, 0.3) is 6.43 Å². The SMILES string of the molecule is COC(=O)c1cc(B2OC(C)(C)C(C)(C)O2)cc(C(F)F)c1. The van der Waals surface area contributed by atoms with E-state index in [0.717, 1.165) is 6.07 Å². The zero-order chi connectivity index (χ0) is 16.7. The number of hydrogen-bond donors (Lipinski definition) is 0. The van der Waals surface area contributed by atoms with Crippen LogP contribution < -0.4 is 5.46 Å². The molecule has 0 unspecified atom stereocenters. The molecule has 0 N–H and O–H groups in total. The van der Waals surface area contributed by atoms with Gasteiger partial charge in [-0.1, -0.05) is 6.07 Å². The monoisotopic (exact) mass is 312 g/mol. The third kappa shape index (κ3) is 3.01. The number of halogens is 2. The summed E-state index contributed by atoms with van der Waals surface area (Å²) in [5.41, 5.74) is -1.04. The number of alkyl halides is 2. The molecule has 0 bridgehead atoms. The largest absolute Gasteiger partial charge is 0.494 e. The maximum Gasteiger partial charge on any atom is 0.494 e. The van der Waals surface area contributed by atoms with Crippen LogP contribution in [0.2, 0.25) is 0 Å². The average Bonchev–Trinajstić information content (AvgIpc) is 2.66. The minimum Gasteiger partial charge on any atom is -0.465 e. The van der Waals surface area contributed by atoms with E-state index in [1.165, 1.54) is 19.2 Å². The van der Waals surface area contributed by atoms with Gasteiger partial charge in [-0.05, 0) is 45.3 Å². The van der Waals surface area contributed by atoms with E-state index in [-0.39, 0.29) is 11.1 Å². The predicted octanol–water partition coefficient (Wildman–Crippen LogP) is 2.71. The number of carbonyl (C=O) groups is 1. The van der Waals surface area contributed by atoms with Crippen LogP contribution in [0.15, 0.2) is 18.2 Å². The molecule has 120 valence electrons. The van der Waals surface area contributed by atoms with Gasteiger partial charge in [-0.25, -0.2) is 13.6 Å². The molecule has 1 aromatic rings. The van der Waals surface area contributed by atoms with E-state index >= 15 is 0 Å². The third-order valence-corrected chi connectivity index (χ3v) is 4.18. The molecule has 1 aliphatic heterocycles. The van der Waals surface area contributed by atoms with Crippen LogP contribution in [0.4, 0.5) is 8.78 Å². The Kier molecular flexibility index (Phi) is 4.32. The van der Waals surface area contributed by atoms with Gasteiger partial charge in [0.2, 0.25) is 0 Å². The highest BCUT2D eigenvalue weighted by molar-refractivity contribution is 6.62. The van der Waals surface area contributed by atoms with E-state index in [4.69, 9.17) is 9.31 Å². The first kappa shape index (κ1) is 16.9. The van der Waals surface area contributed by atoms with E-state index < -0.39 is 30.7 Å². The molecule has 1 heterocycles. The molecule has 2 rings (SSSR count). The van der Waals surface area contributed by atoms with Crippen LogP contribution in [-0.2, 0) is 14.0 Å². The van der Waals surface area contributed by atoms with Crippen LogP contribution in [0.1, 0.15) is 50.0 Å². The van der Waals surface area contributed by atoms with Crippen molar-refractivity contribution in [3.05, 3.63) is 29.3 Å². The number of methoxy groups -OCH3 is 1. The molecule has 22 heavy (non-hydrogen) atoms. The Balaban J connectivity index is 2.43. The number of rotatable bonds is 3. The average molecular weight is 312 g/mol. The molecule has 7 heteroatoms. The topological polar surface area (TPSA) is 44.8 Å². The maximum atomic E-state index is 13.1. The highest BCUT2D eigenvalue weighted by Crippen LogP contribution is 2.36. The van der Waals surface area contributed by atoms with Crippen molar-refractivity contribution >= 4 is 18.6 Å². The van der Waals surface area contributed by atoms with Crippen molar-refractivity contribution in [2.75, 3.05) is 7.11 Å². The van der Waals surface area contributed by atoms with Gasteiger partial charge in [-0.3, -0.25) is 0 Å². The first-order chi connectivity index (χ1) is 10.1. The first-order valence-electron chi connectivity index (χ1n) is 6.94. The number of carbonyl (C=O) groups excluding carboxylic acids is 1. The Bertz CT molecular complexity index is 571. The molecule has 0 saturated carbocycles. The van der Waals surface area contributed by atoms with E-state index in [1.54, 1.807) is 0 Å². The molecule has 0 amide bonds. The molecule has 0 radical (unpaired) electrons. The van der Waals surface area contributed by atoms with Gasteiger partial charge in [0.15, 0.2) is 0 Å². The Hall–Kier alpha value is -1.47. The second-order valence-electron chi connectivity index (χ2n) is 6.27. The van der Waals surface area contributed by atoms with Gasteiger partial charge in [0, 0.05) is 5.56 Å². The molecular formula is C15H19BF2O4. The molecule has 0 aromatic heterocycles. The lowest BCUT2D eigenvalue weighted by atomic mass is 9.77. The van der Waals surface area contributed by atoms with E-state index in [0.29, 0.717) is 5.46 Å². The van der Waals surface area contributed by atoms with E-state index in [9.17, 15) is 13.6 Å². The summed E-state index contributed by atoms with van der Waals surface area (Å²) in [4.78, 5) is 11.7. The smallest absolute Gasteiger partial charge is 0.465 e. The highest BCUT2D eigenvalue weighted by atomic mass is 19.3. The van der Waals surface area contributed by atoms with Crippen molar-refractivity contribution < 1.29 is 27.6 Å². The molecular weight excluding hydrogens is 293 g/mol. The van der Waals surface area contributed by atoms with Crippen molar-refractivity contribution in [3.63, 3.8) is 0 Å². The fourth-order valence-electron chi connectivity index (χ4n) is 2.15. The molecule has 0 spiro atoms. The zero-order valence-corrected chi connectivity index (χ0v) is 13.3. The Morgan fingerprint density at radius 1 is 1.14 bits per heavy atom. The Morgan fingerprint density at radius 3 is 2.14 bits per heavy atom. The van der Waals surface area contributed by atoms with E-state index in [2.05, 4.69) is 4.74 Å². The van der Waals surface area contributed by atoms with Crippen molar-refractivity contribution in [3.8, 4) is 0 Å². The number of hydrogen-bond acceptors (Lipinski definition) is 4. The first-order valence-corrected chi connectivity index (χ1v) is 6.94. The second kappa shape index (κ2) is 5.63. The minimum atomic E-state index is -2.70. The van der Waals surface area contributed by atoms with Crippen LogP contribution in [0.3, 0.4) is 0 Å². The third-order valence-electron chi connectivity index (χ3n) is 4.18. The van der Waals surface area contributed by atoms with Gasteiger partial charge in [0.1, 0.15) is 0 Å². The van der Waals surface area contributed by atoms with Gasteiger partial charge in [0.05, 0.1) is 23.9 Å². The minimum absolute atomic E-state index is 0.0463. The van der Waals surface area contributed by atoms with Crippen LogP contribution >= 0.6 is 0 Å². The Labute approximate surface area is 128 Å². The number of benzene rings is 1. The van der Waals surface area contributed by atoms with Gasteiger partial charge < -0.3 is 14.0 Å². The molecule has 1 fully saturated rings. The summed E-state index contributed by atoms with van der Waals surface area (Å²) in [6, 6.07) is 3.87. The molecule has 4 nitrogen and oxygen atoms in total. The quantitative estimate of drug-likeness (QED) is 0.636. The molecule has 1 aliphatic rings. The molecule has 1 aromatic carbocycles. The number of ether oxygens (including phenoxy) is 1. The second-order valence-corrected chi connectivity index (χ2v) is 6.27. The molecule has 0 aliphatic carbocycles. The van der Waals surface area contributed by atoms with Gasteiger partial charge in [-0.2, -0.15) is 0 Å². The summed E-state index contributed by atoms with van der Waals surface area (Å²) < 4.78 is 42.4. The summed E-state index contributed by atoms with van der Waals surface area (Å²) in [5.74, 6) is -0.680. The summed E-state index contributed by atoms with van der Waals surface area (Å²) in [7, 11) is 0.387.